The van der Waals surface area contributed by atoms with E-state index in [1.165, 1.54) is 12.2 Å². The topological polar surface area (TPSA) is 93.5 Å². The van der Waals surface area contributed by atoms with Crippen molar-refractivity contribution in [3.63, 3.8) is 0 Å². The molecule has 6 nitrogen and oxygen atoms in total. The van der Waals surface area contributed by atoms with Crippen LogP contribution in [0.25, 0.3) is 0 Å². The average Bonchev–Trinajstić information content (AvgIpc) is 2.38. The van der Waals surface area contributed by atoms with Crippen molar-refractivity contribution < 1.29 is 4.92 Å². The molecule has 0 fully saturated rings. The minimum absolute atomic E-state index is 0.0427. The zero-order valence-corrected chi connectivity index (χ0v) is 12.0. The van der Waals surface area contributed by atoms with Gasteiger partial charge in [0.15, 0.2) is 0 Å². The van der Waals surface area contributed by atoms with Crippen molar-refractivity contribution in [2.24, 2.45) is 10.8 Å². The van der Waals surface area contributed by atoms with Crippen LogP contribution in [0, 0.1) is 10.1 Å². The van der Waals surface area contributed by atoms with Gasteiger partial charge in [0.2, 0.25) is 0 Å². The quantitative estimate of drug-likeness (QED) is 0.261. The van der Waals surface area contributed by atoms with E-state index >= 15 is 0 Å². The van der Waals surface area contributed by atoms with E-state index in [0.717, 1.165) is 10.6 Å². The molecule has 0 aliphatic heterocycles. The van der Waals surface area contributed by atoms with Gasteiger partial charge in [-0.25, -0.2) is 0 Å². The fraction of sp³-hybridized carbons (Fsp3) is 0.167. The number of thiocarbonyl (C=S) groups is 1. The van der Waals surface area contributed by atoms with Crippen LogP contribution in [0.3, 0.4) is 0 Å². The predicted octanol–water partition coefficient (Wildman–Crippen LogP) is 2.00. The highest BCUT2D eigenvalue weighted by molar-refractivity contribution is 7.82. The van der Waals surface area contributed by atoms with Crippen molar-refractivity contribution >= 4 is 41.1 Å². The van der Waals surface area contributed by atoms with Crippen LogP contribution >= 0.6 is 24.8 Å². The molecule has 8 heteroatoms. The monoisotopic (exact) mass is 308 g/mol. The molecule has 20 heavy (non-hydrogen) atoms. The number of nitrogens with one attached hydrogen (secondary N) is 1. The van der Waals surface area contributed by atoms with Crippen LogP contribution in [0.15, 0.2) is 46.4 Å². The lowest BCUT2D eigenvalue weighted by Gasteiger charge is -2.21. The standard InChI is InChI=1S/C12H12N4O2S2/c13-12(16(17)18)5-4-10(11(20)7-12)15-14-8-2-1-3-9(19)6-8/h1-6,14,19H,7,13H2/b15-10+. The molecular weight excluding hydrogens is 296 g/mol. The van der Waals surface area contributed by atoms with Gasteiger partial charge in [0.05, 0.1) is 22.7 Å². The SMILES string of the molecule is NC1([N+](=O)[O-])C=C/C(=N\Nc2cccc(S)c2)C(=S)C1. The lowest BCUT2D eigenvalue weighted by Crippen LogP contribution is -2.50. The molecule has 0 spiro atoms. The van der Waals surface area contributed by atoms with E-state index < -0.39 is 10.6 Å². The van der Waals surface area contributed by atoms with Gasteiger partial charge in [-0.05, 0) is 24.3 Å². The van der Waals surface area contributed by atoms with Crippen LogP contribution in [0.5, 0.6) is 0 Å². The molecule has 0 saturated heterocycles. The van der Waals surface area contributed by atoms with Gasteiger partial charge in [-0.1, -0.05) is 18.3 Å². The first kappa shape index (κ1) is 14.6. The second-order valence-corrected chi connectivity index (χ2v) is 5.35. The summed E-state index contributed by atoms with van der Waals surface area (Å²) in [5.41, 5.74) is 8.03. The van der Waals surface area contributed by atoms with Crippen molar-refractivity contribution in [2.45, 2.75) is 17.0 Å². The highest BCUT2D eigenvalue weighted by atomic mass is 32.1. The summed E-state index contributed by atoms with van der Waals surface area (Å²) in [5.74, 6) is 0. The molecule has 3 N–H and O–H groups in total. The third-order valence-electron chi connectivity index (χ3n) is 2.75. The van der Waals surface area contributed by atoms with Gasteiger partial charge in [-0.3, -0.25) is 21.3 Å². The molecule has 1 aliphatic carbocycles. The van der Waals surface area contributed by atoms with Crippen molar-refractivity contribution in [3.8, 4) is 0 Å². The third-order valence-corrected chi connectivity index (χ3v) is 3.38. The predicted molar refractivity (Wildman–Crippen MR) is 85.0 cm³/mol. The molecule has 1 aliphatic rings. The third kappa shape index (κ3) is 3.21. The molecule has 0 bridgehead atoms. The minimum Gasteiger partial charge on any atom is -0.278 e. The summed E-state index contributed by atoms with van der Waals surface area (Å²) in [7, 11) is 0. The molecule has 2 rings (SSSR count). The first-order valence-corrected chi connectivity index (χ1v) is 6.55. The van der Waals surface area contributed by atoms with Crippen LogP contribution in [0.2, 0.25) is 0 Å². The largest absolute Gasteiger partial charge is 0.296 e. The van der Waals surface area contributed by atoms with Crippen molar-refractivity contribution in [3.05, 3.63) is 46.5 Å². The Labute approximate surface area is 126 Å². The van der Waals surface area contributed by atoms with E-state index in [-0.39, 0.29) is 6.42 Å². The summed E-state index contributed by atoms with van der Waals surface area (Å²) in [5, 5.41) is 15.0. The number of rotatable bonds is 3. The summed E-state index contributed by atoms with van der Waals surface area (Å²) in [6.07, 6.45) is 2.73. The molecule has 0 aromatic heterocycles. The first-order chi connectivity index (χ1) is 9.40. The molecule has 1 unspecified atom stereocenters. The number of hydrogen-bond acceptors (Lipinski definition) is 7. The Hall–Kier alpha value is -1.77. The lowest BCUT2D eigenvalue weighted by atomic mass is 9.96. The van der Waals surface area contributed by atoms with Crippen LogP contribution in [-0.2, 0) is 0 Å². The summed E-state index contributed by atoms with van der Waals surface area (Å²) < 4.78 is 0. The molecule has 1 atom stereocenters. The summed E-state index contributed by atoms with van der Waals surface area (Å²) in [4.78, 5) is 11.4. The second kappa shape index (κ2) is 5.70. The number of thiol groups is 1. The lowest BCUT2D eigenvalue weighted by molar-refractivity contribution is -0.552. The number of nitrogens with two attached hydrogens (primary N) is 1. The Bertz CT molecular complexity index is 630. The highest BCUT2D eigenvalue weighted by Gasteiger charge is 2.39. The van der Waals surface area contributed by atoms with Gasteiger partial charge in [0, 0.05) is 15.9 Å². The van der Waals surface area contributed by atoms with Crippen LogP contribution in [-0.4, -0.2) is 21.2 Å². The molecule has 0 heterocycles. The number of benzene rings is 1. The number of hydrogen-bond donors (Lipinski definition) is 3. The maximum Gasteiger partial charge on any atom is 0.296 e. The number of hydrazone groups is 1. The fourth-order valence-electron chi connectivity index (χ4n) is 1.65. The zero-order valence-electron chi connectivity index (χ0n) is 10.3. The Morgan fingerprint density at radius 1 is 1.55 bits per heavy atom. The maximum absolute atomic E-state index is 10.9. The van der Waals surface area contributed by atoms with Crippen LogP contribution < -0.4 is 11.2 Å². The van der Waals surface area contributed by atoms with E-state index in [9.17, 15) is 10.1 Å². The smallest absolute Gasteiger partial charge is 0.278 e. The second-order valence-electron chi connectivity index (χ2n) is 4.34. The van der Waals surface area contributed by atoms with Crippen molar-refractivity contribution in [1.29, 1.82) is 0 Å². The molecule has 0 amide bonds. The van der Waals surface area contributed by atoms with Crippen LogP contribution in [0.1, 0.15) is 6.42 Å². The zero-order chi connectivity index (χ0) is 14.8. The van der Waals surface area contributed by atoms with E-state index in [1.54, 1.807) is 6.07 Å². The molecule has 0 radical (unpaired) electrons. The molecule has 104 valence electrons. The highest BCUT2D eigenvalue weighted by Crippen LogP contribution is 2.18. The van der Waals surface area contributed by atoms with Crippen molar-refractivity contribution in [2.75, 3.05) is 5.43 Å². The van der Waals surface area contributed by atoms with Crippen molar-refractivity contribution in [1.82, 2.24) is 0 Å². The minimum atomic E-state index is -1.64. The molecular formula is C12H12N4O2S2. The van der Waals surface area contributed by atoms with E-state index in [4.69, 9.17) is 18.0 Å². The first-order valence-electron chi connectivity index (χ1n) is 5.69. The van der Waals surface area contributed by atoms with Gasteiger partial charge < -0.3 is 0 Å². The number of allylic oxidation sites excluding steroid dienone is 1. The van der Waals surface area contributed by atoms with Gasteiger partial charge in [-0.2, -0.15) is 5.10 Å². The normalized spacial score (nSPS) is 23.9. The van der Waals surface area contributed by atoms with E-state index in [1.807, 2.05) is 18.2 Å². The van der Waals surface area contributed by atoms with Gasteiger partial charge >= 0.3 is 0 Å². The molecule has 0 saturated carbocycles. The Kier molecular flexibility index (Phi) is 4.17. The maximum atomic E-state index is 10.9. The number of anilines is 1. The van der Waals surface area contributed by atoms with Gasteiger partial charge in [0.25, 0.3) is 5.66 Å². The average molecular weight is 308 g/mol. The Morgan fingerprint density at radius 2 is 2.30 bits per heavy atom. The number of nitro groups is 1. The molecule has 1 aromatic carbocycles. The van der Waals surface area contributed by atoms with E-state index in [2.05, 4.69) is 23.2 Å². The van der Waals surface area contributed by atoms with Gasteiger partial charge in [0.1, 0.15) is 0 Å². The van der Waals surface area contributed by atoms with Gasteiger partial charge in [-0.15, -0.1) is 12.6 Å². The summed E-state index contributed by atoms with van der Waals surface area (Å²) in [6.45, 7) is 0. The fourth-order valence-corrected chi connectivity index (χ4v) is 2.22. The Morgan fingerprint density at radius 3 is 2.90 bits per heavy atom. The molecule has 1 aromatic rings. The van der Waals surface area contributed by atoms with E-state index in [0.29, 0.717) is 10.6 Å². The number of nitrogens with zero attached hydrogens (tertiary/aromatic N) is 2. The summed E-state index contributed by atoms with van der Waals surface area (Å²) >= 11 is 9.33. The summed E-state index contributed by atoms with van der Waals surface area (Å²) in [6, 6.07) is 7.29. The Balaban J connectivity index is 2.16. The van der Waals surface area contributed by atoms with Crippen LogP contribution in [0.4, 0.5) is 5.69 Å².